The number of benzene rings is 2. The second-order valence-corrected chi connectivity index (χ2v) is 7.76. The fourth-order valence-electron chi connectivity index (χ4n) is 2.24. The number of carbonyl (C=O) groups excluding carboxylic acids is 1. The van der Waals surface area contributed by atoms with Gasteiger partial charge in [-0.2, -0.15) is 5.10 Å². The van der Waals surface area contributed by atoms with Crippen molar-refractivity contribution in [1.82, 2.24) is 5.43 Å². The third-order valence-corrected chi connectivity index (χ3v) is 4.37. The van der Waals surface area contributed by atoms with Crippen LogP contribution in [0.2, 0.25) is 0 Å². The van der Waals surface area contributed by atoms with Crippen molar-refractivity contribution in [3.05, 3.63) is 52.0 Å². The Kier molecular flexibility index (Phi) is 6.85. The second-order valence-electron chi connectivity index (χ2n) is 6.91. The minimum absolute atomic E-state index is 0.00423. The van der Waals surface area contributed by atoms with Gasteiger partial charge in [0.2, 0.25) is 0 Å². The maximum Gasteiger partial charge on any atom is 0.277 e. The lowest BCUT2D eigenvalue weighted by atomic mass is 9.87. The zero-order valence-electron chi connectivity index (χ0n) is 15.7. The number of methoxy groups -OCH3 is 1. The van der Waals surface area contributed by atoms with Gasteiger partial charge in [0.1, 0.15) is 5.75 Å². The van der Waals surface area contributed by atoms with Crippen LogP contribution in [0.5, 0.6) is 17.2 Å². The first-order chi connectivity index (χ1) is 12.7. The average molecular weight is 435 g/mol. The van der Waals surface area contributed by atoms with E-state index in [-0.39, 0.29) is 23.7 Å². The first kappa shape index (κ1) is 20.8. The Labute approximate surface area is 167 Å². The van der Waals surface area contributed by atoms with Crippen molar-refractivity contribution in [3.8, 4) is 17.2 Å². The van der Waals surface area contributed by atoms with E-state index in [2.05, 4.69) is 47.2 Å². The summed E-state index contributed by atoms with van der Waals surface area (Å²) in [5.74, 6) is 0.550. The lowest BCUT2D eigenvalue weighted by molar-refractivity contribution is -0.123. The summed E-state index contributed by atoms with van der Waals surface area (Å²) in [7, 11) is 1.45. The van der Waals surface area contributed by atoms with Gasteiger partial charge >= 0.3 is 0 Å². The number of hydrazone groups is 1. The molecule has 27 heavy (non-hydrogen) atoms. The molecule has 0 bridgehead atoms. The zero-order valence-corrected chi connectivity index (χ0v) is 17.3. The molecule has 7 heteroatoms. The van der Waals surface area contributed by atoms with Gasteiger partial charge in [0, 0.05) is 0 Å². The quantitative estimate of drug-likeness (QED) is 0.531. The molecule has 0 aromatic heterocycles. The lowest BCUT2D eigenvalue weighted by Gasteiger charge is -2.19. The fourth-order valence-corrected chi connectivity index (χ4v) is 2.69. The van der Waals surface area contributed by atoms with Crippen LogP contribution in [-0.2, 0) is 10.2 Å². The molecule has 2 aromatic rings. The van der Waals surface area contributed by atoms with Crippen LogP contribution in [0.4, 0.5) is 0 Å². The summed E-state index contributed by atoms with van der Waals surface area (Å²) < 4.78 is 11.0. The van der Waals surface area contributed by atoms with E-state index in [9.17, 15) is 9.90 Å². The number of ether oxygens (including phenoxy) is 2. The molecule has 0 radical (unpaired) electrons. The SMILES string of the molecule is COc1cc(/C=N/NC(=O)COc2ccc(C(C)(C)C)cc2)cc(Br)c1O. The number of amides is 1. The fraction of sp³-hybridized carbons (Fsp3) is 0.300. The number of hydrogen-bond acceptors (Lipinski definition) is 5. The molecule has 0 saturated carbocycles. The van der Waals surface area contributed by atoms with Crippen LogP contribution in [0.25, 0.3) is 0 Å². The lowest BCUT2D eigenvalue weighted by Crippen LogP contribution is -2.24. The van der Waals surface area contributed by atoms with Gasteiger partial charge in [-0.25, -0.2) is 5.43 Å². The largest absolute Gasteiger partial charge is 0.503 e. The number of hydrogen-bond donors (Lipinski definition) is 2. The van der Waals surface area contributed by atoms with Crippen molar-refractivity contribution in [2.45, 2.75) is 26.2 Å². The van der Waals surface area contributed by atoms with Gasteiger partial charge in [-0.15, -0.1) is 0 Å². The molecule has 0 aliphatic carbocycles. The van der Waals surface area contributed by atoms with E-state index in [1.807, 2.05) is 24.3 Å². The van der Waals surface area contributed by atoms with Gasteiger partial charge < -0.3 is 14.6 Å². The van der Waals surface area contributed by atoms with E-state index in [0.29, 0.717) is 21.5 Å². The van der Waals surface area contributed by atoms with Crippen LogP contribution in [-0.4, -0.2) is 30.9 Å². The normalized spacial score (nSPS) is 11.4. The van der Waals surface area contributed by atoms with Crippen molar-refractivity contribution >= 4 is 28.1 Å². The summed E-state index contributed by atoms with van der Waals surface area (Å²) in [6, 6.07) is 10.9. The number of carbonyl (C=O) groups is 1. The van der Waals surface area contributed by atoms with E-state index < -0.39 is 0 Å². The third-order valence-electron chi connectivity index (χ3n) is 3.76. The van der Waals surface area contributed by atoms with Crippen LogP contribution < -0.4 is 14.9 Å². The molecule has 6 nitrogen and oxygen atoms in total. The van der Waals surface area contributed by atoms with Crippen molar-refractivity contribution in [2.24, 2.45) is 5.10 Å². The number of halogens is 1. The Balaban J connectivity index is 1.88. The molecule has 2 aromatic carbocycles. The minimum atomic E-state index is -0.379. The molecule has 1 amide bonds. The molecule has 0 fully saturated rings. The molecule has 0 saturated heterocycles. The van der Waals surface area contributed by atoms with Crippen LogP contribution in [0.3, 0.4) is 0 Å². The van der Waals surface area contributed by atoms with Crippen molar-refractivity contribution in [3.63, 3.8) is 0 Å². The Morgan fingerprint density at radius 3 is 2.52 bits per heavy atom. The molecule has 0 atom stereocenters. The number of phenolic OH excluding ortho intramolecular Hbond substituents is 1. The van der Waals surface area contributed by atoms with E-state index in [0.717, 1.165) is 0 Å². The Morgan fingerprint density at radius 1 is 1.26 bits per heavy atom. The van der Waals surface area contributed by atoms with Gasteiger partial charge in [-0.1, -0.05) is 32.9 Å². The molecular weight excluding hydrogens is 412 g/mol. The predicted molar refractivity (Wildman–Crippen MR) is 109 cm³/mol. The van der Waals surface area contributed by atoms with Crippen molar-refractivity contribution < 1.29 is 19.4 Å². The molecule has 0 aliphatic rings. The number of nitrogens with zero attached hydrogens (tertiary/aromatic N) is 1. The highest BCUT2D eigenvalue weighted by molar-refractivity contribution is 9.10. The Morgan fingerprint density at radius 2 is 1.93 bits per heavy atom. The average Bonchev–Trinajstić information content (AvgIpc) is 2.62. The smallest absolute Gasteiger partial charge is 0.277 e. The van der Waals surface area contributed by atoms with Crippen molar-refractivity contribution in [1.29, 1.82) is 0 Å². The first-order valence-electron chi connectivity index (χ1n) is 8.32. The monoisotopic (exact) mass is 434 g/mol. The highest BCUT2D eigenvalue weighted by atomic mass is 79.9. The standard InChI is InChI=1S/C20H23BrN2O4/c1-20(2,3)14-5-7-15(8-6-14)27-12-18(24)23-22-11-13-9-16(21)19(25)17(10-13)26-4/h5-11,25H,12H2,1-4H3,(H,23,24)/b22-11+. The number of aromatic hydroxyl groups is 1. The summed E-state index contributed by atoms with van der Waals surface area (Å²) in [5, 5.41) is 13.7. The summed E-state index contributed by atoms with van der Waals surface area (Å²) in [4.78, 5) is 11.9. The maximum absolute atomic E-state index is 11.9. The van der Waals surface area contributed by atoms with E-state index in [4.69, 9.17) is 9.47 Å². The van der Waals surface area contributed by atoms with Gasteiger partial charge in [0.05, 0.1) is 17.8 Å². The summed E-state index contributed by atoms with van der Waals surface area (Å²) in [6.07, 6.45) is 1.45. The maximum atomic E-state index is 11.9. The van der Waals surface area contributed by atoms with Gasteiger partial charge in [-0.05, 0) is 56.7 Å². The minimum Gasteiger partial charge on any atom is -0.503 e. The van der Waals surface area contributed by atoms with Crippen LogP contribution in [0.1, 0.15) is 31.9 Å². The number of rotatable bonds is 6. The first-order valence-corrected chi connectivity index (χ1v) is 9.11. The third kappa shape index (κ3) is 5.99. The predicted octanol–water partition coefficient (Wildman–Crippen LogP) is 3.99. The van der Waals surface area contributed by atoms with Gasteiger partial charge in [0.25, 0.3) is 5.91 Å². The summed E-state index contributed by atoms with van der Waals surface area (Å²) in [5.41, 5.74) is 4.30. The van der Waals surface area contributed by atoms with E-state index in [1.54, 1.807) is 12.1 Å². The summed E-state index contributed by atoms with van der Waals surface area (Å²) in [6.45, 7) is 6.26. The summed E-state index contributed by atoms with van der Waals surface area (Å²) >= 11 is 3.23. The van der Waals surface area contributed by atoms with Crippen molar-refractivity contribution in [2.75, 3.05) is 13.7 Å². The molecule has 2 rings (SSSR count). The number of phenols is 1. The van der Waals surface area contributed by atoms with Crippen LogP contribution >= 0.6 is 15.9 Å². The van der Waals surface area contributed by atoms with Crippen LogP contribution in [0.15, 0.2) is 46.0 Å². The highest BCUT2D eigenvalue weighted by Gasteiger charge is 2.13. The molecule has 0 heterocycles. The molecule has 0 aliphatic heterocycles. The molecular formula is C20H23BrN2O4. The molecule has 0 unspecified atom stereocenters. The second kappa shape index (κ2) is 8.90. The van der Waals surface area contributed by atoms with Gasteiger partial charge in [0.15, 0.2) is 18.1 Å². The topological polar surface area (TPSA) is 80.2 Å². The highest BCUT2D eigenvalue weighted by Crippen LogP contribution is 2.34. The molecule has 0 spiro atoms. The Bertz CT molecular complexity index is 827. The van der Waals surface area contributed by atoms with Crippen LogP contribution in [0, 0.1) is 0 Å². The molecule has 144 valence electrons. The van der Waals surface area contributed by atoms with E-state index >= 15 is 0 Å². The Hall–Kier alpha value is -2.54. The zero-order chi connectivity index (χ0) is 20.0. The van der Waals surface area contributed by atoms with E-state index in [1.165, 1.54) is 18.9 Å². The number of nitrogens with one attached hydrogen (secondary N) is 1. The molecule has 2 N–H and O–H groups in total. The van der Waals surface area contributed by atoms with Gasteiger partial charge in [-0.3, -0.25) is 4.79 Å².